The van der Waals surface area contributed by atoms with Crippen molar-refractivity contribution in [3.8, 4) is 0 Å². The number of rotatable bonds is 8. The van der Waals surface area contributed by atoms with Gasteiger partial charge in [-0.1, -0.05) is 36.7 Å². The Morgan fingerprint density at radius 3 is 2.84 bits per heavy atom. The van der Waals surface area contributed by atoms with Crippen LogP contribution in [0.4, 0.5) is 0 Å². The van der Waals surface area contributed by atoms with E-state index in [1.165, 1.54) is 0 Å². The van der Waals surface area contributed by atoms with Gasteiger partial charge in [0.1, 0.15) is 0 Å². The number of carbonyl (C=O) groups is 1. The van der Waals surface area contributed by atoms with Crippen molar-refractivity contribution in [3.63, 3.8) is 0 Å². The summed E-state index contributed by atoms with van der Waals surface area (Å²) in [5, 5.41) is 12.5. The van der Waals surface area contributed by atoms with Gasteiger partial charge in [0.2, 0.25) is 5.91 Å². The number of aliphatic hydroxyl groups is 1. The van der Waals surface area contributed by atoms with E-state index in [0.29, 0.717) is 30.3 Å². The smallest absolute Gasteiger partial charge is 0.220 e. The van der Waals surface area contributed by atoms with E-state index in [0.717, 1.165) is 18.4 Å². The van der Waals surface area contributed by atoms with Crippen molar-refractivity contribution >= 4 is 17.5 Å². The quantitative estimate of drug-likeness (QED) is 0.721. The Kier molecular flexibility index (Phi) is 7.53. The van der Waals surface area contributed by atoms with Crippen LogP contribution in [0.2, 0.25) is 5.02 Å². The first kappa shape index (κ1) is 16.0. The molecular weight excluding hydrogens is 262 g/mol. The van der Waals surface area contributed by atoms with E-state index >= 15 is 0 Å². The maximum atomic E-state index is 11.6. The van der Waals surface area contributed by atoms with Gasteiger partial charge >= 0.3 is 0 Å². The van der Waals surface area contributed by atoms with Crippen molar-refractivity contribution in [2.24, 2.45) is 5.92 Å². The van der Waals surface area contributed by atoms with Crippen molar-refractivity contribution < 1.29 is 9.90 Å². The van der Waals surface area contributed by atoms with Crippen LogP contribution in [-0.2, 0) is 11.2 Å². The average Bonchev–Trinajstić information content (AvgIpc) is 2.42. The highest BCUT2D eigenvalue weighted by molar-refractivity contribution is 6.31. The van der Waals surface area contributed by atoms with E-state index in [1.54, 1.807) is 0 Å². The Labute approximate surface area is 120 Å². The third kappa shape index (κ3) is 6.60. The maximum Gasteiger partial charge on any atom is 0.220 e. The molecule has 0 aliphatic rings. The summed E-state index contributed by atoms with van der Waals surface area (Å²) in [6.45, 7) is 2.88. The molecule has 106 valence electrons. The summed E-state index contributed by atoms with van der Waals surface area (Å²) < 4.78 is 0. The Morgan fingerprint density at radius 2 is 2.16 bits per heavy atom. The number of halogens is 1. The highest BCUT2D eigenvalue weighted by Gasteiger charge is 2.05. The molecule has 1 atom stereocenters. The van der Waals surface area contributed by atoms with Gasteiger partial charge in [0.15, 0.2) is 0 Å². The van der Waals surface area contributed by atoms with Crippen LogP contribution in [0.5, 0.6) is 0 Å². The third-order valence-electron chi connectivity index (χ3n) is 3.09. The highest BCUT2D eigenvalue weighted by atomic mass is 35.5. The number of hydrogen-bond acceptors (Lipinski definition) is 2. The second-order valence-corrected chi connectivity index (χ2v) is 5.28. The number of hydrogen-bond donors (Lipinski definition) is 2. The zero-order valence-electron chi connectivity index (χ0n) is 11.4. The summed E-state index contributed by atoms with van der Waals surface area (Å²) in [6, 6.07) is 7.59. The van der Waals surface area contributed by atoms with Crippen LogP contribution < -0.4 is 5.32 Å². The fourth-order valence-corrected chi connectivity index (χ4v) is 2.04. The number of benzene rings is 1. The molecule has 0 spiro atoms. The van der Waals surface area contributed by atoms with Gasteiger partial charge in [0, 0.05) is 24.6 Å². The molecule has 2 N–H and O–H groups in total. The SMILES string of the molecule is CC(CO)CCCNC(=O)CCc1ccccc1Cl. The van der Waals surface area contributed by atoms with Crippen LogP contribution in [-0.4, -0.2) is 24.2 Å². The van der Waals surface area contributed by atoms with Gasteiger partial charge < -0.3 is 10.4 Å². The molecule has 1 unspecified atom stereocenters. The summed E-state index contributed by atoms with van der Waals surface area (Å²) in [6.07, 6.45) is 2.96. The summed E-state index contributed by atoms with van der Waals surface area (Å²) in [4.78, 5) is 11.6. The molecule has 1 aromatic carbocycles. The Balaban J connectivity index is 2.16. The van der Waals surface area contributed by atoms with Gasteiger partial charge in [-0.2, -0.15) is 0 Å². The average molecular weight is 284 g/mol. The monoisotopic (exact) mass is 283 g/mol. The number of aliphatic hydroxyl groups excluding tert-OH is 1. The van der Waals surface area contributed by atoms with E-state index in [1.807, 2.05) is 31.2 Å². The number of nitrogens with one attached hydrogen (secondary N) is 1. The fourth-order valence-electron chi connectivity index (χ4n) is 1.81. The maximum absolute atomic E-state index is 11.6. The van der Waals surface area contributed by atoms with Crippen LogP contribution in [0.1, 0.15) is 31.7 Å². The lowest BCUT2D eigenvalue weighted by Gasteiger charge is -2.09. The molecule has 1 amide bonds. The van der Waals surface area contributed by atoms with Gasteiger partial charge in [-0.15, -0.1) is 0 Å². The van der Waals surface area contributed by atoms with Gasteiger partial charge in [-0.05, 0) is 36.8 Å². The predicted octanol–water partition coefficient (Wildman–Crippen LogP) is 2.80. The normalized spacial score (nSPS) is 12.2. The first-order valence-corrected chi connectivity index (χ1v) is 7.12. The molecule has 0 saturated heterocycles. The molecule has 19 heavy (non-hydrogen) atoms. The van der Waals surface area contributed by atoms with Crippen molar-refractivity contribution in [1.82, 2.24) is 5.32 Å². The summed E-state index contributed by atoms with van der Waals surface area (Å²) in [5.41, 5.74) is 1.01. The molecule has 4 heteroatoms. The van der Waals surface area contributed by atoms with Gasteiger partial charge in [0.05, 0.1) is 0 Å². The van der Waals surface area contributed by atoms with Gasteiger partial charge in [0.25, 0.3) is 0 Å². The first-order chi connectivity index (χ1) is 9.13. The molecule has 1 aromatic rings. The van der Waals surface area contributed by atoms with Crippen LogP contribution in [0.3, 0.4) is 0 Å². The minimum atomic E-state index is 0.0524. The van der Waals surface area contributed by atoms with E-state index in [4.69, 9.17) is 16.7 Å². The Morgan fingerprint density at radius 1 is 1.42 bits per heavy atom. The second-order valence-electron chi connectivity index (χ2n) is 4.87. The Hall–Kier alpha value is -1.06. The van der Waals surface area contributed by atoms with Crippen LogP contribution in [0.15, 0.2) is 24.3 Å². The zero-order valence-corrected chi connectivity index (χ0v) is 12.1. The lowest BCUT2D eigenvalue weighted by molar-refractivity contribution is -0.121. The third-order valence-corrected chi connectivity index (χ3v) is 3.46. The number of carbonyl (C=O) groups excluding carboxylic acids is 1. The van der Waals surface area contributed by atoms with E-state index in [-0.39, 0.29) is 12.5 Å². The van der Waals surface area contributed by atoms with Crippen molar-refractivity contribution in [1.29, 1.82) is 0 Å². The number of aryl methyl sites for hydroxylation is 1. The van der Waals surface area contributed by atoms with Crippen molar-refractivity contribution in [3.05, 3.63) is 34.9 Å². The standard InChI is InChI=1S/C15H22ClNO2/c1-12(11-18)5-4-10-17-15(19)9-8-13-6-2-3-7-14(13)16/h2-3,6-7,12,18H,4-5,8-11H2,1H3,(H,17,19). The van der Waals surface area contributed by atoms with E-state index < -0.39 is 0 Å². The summed E-state index contributed by atoms with van der Waals surface area (Å²) in [7, 11) is 0. The predicted molar refractivity (Wildman–Crippen MR) is 78.3 cm³/mol. The molecular formula is C15H22ClNO2. The molecule has 0 fully saturated rings. The lowest BCUT2D eigenvalue weighted by Crippen LogP contribution is -2.25. The molecule has 0 heterocycles. The molecule has 0 aliphatic heterocycles. The second kappa shape index (κ2) is 8.94. The van der Waals surface area contributed by atoms with Crippen LogP contribution in [0.25, 0.3) is 0 Å². The van der Waals surface area contributed by atoms with Gasteiger partial charge in [-0.25, -0.2) is 0 Å². The summed E-state index contributed by atoms with van der Waals surface area (Å²) in [5.74, 6) is 0.358. The molecule has 0 aromatic heterocycles. The Bertz CT molecular complexity index is 395. The lowest BCUT2D eigenvalue weighted by atomic mass is 10.1. The largest absolute Gasteiger partial charge is 0.396 e. The van der Waals surface area contributed by atoms with Crippen LogP contribution >= 0.6 is 11.6 Å². The molecule has 1 rings (SSSR count). The van der Waals surface area contributed by atoms with E-state index in [2.05, 4.69) is 5.32 Å². The topological polar surface area (TPSA) is 49.3 Å². The van der Waals surface area contributed by atoms with Crippen LogP contribution in [0, 0.1) is 5.92 Å². The minimum absolute atomic E-state index is 0.0524. The highest BCUT2D eigenvalue weighted by Crippen LogP contribution is 2.16. The molecule has 3 nitrogen and oxygen atoms in total. The number of amides is 1. The van der Waals surface area contributed by atoms with Gasteiger partial charge in [-0.3, -0.25) is 4.79 Å². The minimum Gasteiger partial charge on any atom is -0.396 e. The van der Waals surface area contributed by atoms with Crippen molar-refractivity contribution in [2.45, 2.75) is 32.6 Å². The molecule has 0 bridgehead atoms. The van der Waals surface area contributed by atoms with E-state index in [9.17, 15) is 4.79 Å². The fraction of sp³-hybridized carbons (Fsp3) is 0.533. The molecule has 0 saturated carbocycles. The molecule has 0 aliphatic carbocycles. The summed E-state index contributed by atoms with van der Waals surface area (Å²) >= 11 is 6.03. The first-order valence-electron chi connectivity index (χ1n) is 6.74. The zero-order chi connectivity index (χ0) is 14.1. The van der Waals surface area contributed by atoms with Crippen molar-refractivity contribution in [2.75, 3.05) is 13.2 Å². The molecule has 0 radical (unpaired) electrons.